The van der Waals surface area contributed by atoms with E-state index in [9.17, 15) is 9.18 Å². The maximum Gasteiger partial charge on any atom is 0.335 e. The van der Waals surface area contributed by atoms with Crippen LogP contribution >= 0.6 is 0 Å². The van der Waals surface area contributed by atoms with Crippen molar-refractivity contribution in [1.82, 2.24) is 15.0 Å². The molecule has 0 atom stereocenters. The van der Waals surface area contributed by atoms with Crippen LogP contribution in [0.25, 0.3) is 11.0 Å². The fraction of sp³-hybridized carbons (Fsp3) is 0.0714. The molecular weight excluding hydrogens is 261 g/mol. The number of aromatic nitrogens is 3. The van der Waals surface area contributed by atoms with E-state index in [4.69, 9.17) is 5.11 Å². The lowest BCUT2D eigenvalue weighted by atomic mass is 10.2. The molecule has 100 valence electrons. The molecular formula is C14H10FN3O2. The first-order valence-electron chi connectivity index (χ1n) is 5.94. The Balaban J connectivity index is 2.00. The summed E-state index contributed by atoms with van der Waals surface area (Å²) in [6.07, 6.45) is 0. The van der Waals surface area contributed by atoms with Crippen molar-refractivity contribution in [1.29, 1.82) is 0 Å². The highest BCUT2D eigenvalue weighted by molar-refractivity contribution is 5.92. The summed E-state index contributed by atoms with van der Waals surface area (Å²) < 4.78 is 14.5. The molecule has 0 saturated carbocycles. The van der Waals surface area contributed by atoms with Gasteiger partial charge in [-0.3, -0.25) is 0 Å². The van der Waals surface area contributed by atoms with Crippen molar-refractivity contribution in [2.75, 3.05) is 0 Å². The van der Waals surface area contributed by atoms with E-state index in [1.165, 1.54) is 24.3 Å². The highest BCUT2D eigenvalue weighted by Gasteiger charge is 2.09. The number of benzene rings is 2. The standard InChI is InChI=1S/C14H10FN3O2/c15-11-4-1-9(2-5-11)8-18-13-7-10(14(19)20)3-6-12(13)16-17-18/h1-7H,8H2,(H,19,20). The van der Waals surface area contributed by atoms with E-state index in [1.807, 2.05) is 0 Å². The lowest BCUT2D eigenvalue weighted by Crippen LogP contribution is -2.03. The zero-order valence-corrected chi connectivity index (χ0v) is 10.3. The van der Waals surface area contributed by atoms with Gasteiger partial charge in [0.15, 0.2) is 0 Å². The monoisotopic (exact) mass is 271 g/mol. The van der Waals surface area contributed by atoms with Gasteiger partial charge in [0, 0.05) is 0 Å². The summed E-state index contributed by atoms with van der Waals surface area (Å²) in [5.41, 5.74) is 2.30. The Morgan fingerprint density at radius 3 is 2.65 bits per heavy atom. The van der Waals surface area contributed by atoms with Crippen LogP contribution in [0.2, 0.25) is 0 Å². The van der Waals surface area contributed by atoms with Gasteiger partial charge in [0.2, 0.25) is 0 Å². The third-order valence-corrected chi connectivity index (χ3v) is 3.01. The Morgan fingerprint density at radius 1 is 1.20 bits per heavy atom. The third kappa shape index (κ3) is 2.23. The van der Waals surface area contributed by atoms with Crippen LogP contribution in [-0.2, 0) is 6.54 Å². The minimum atomic E-state index is -0.999. The number of hydrogen-bond donors (Lipinski definition) is 1. The molecule has 2 aromatic carbocycles. The number of carboxylic acids is 1. The first-order valence-corrected chi connectivity index (χ1v) is 5.94. The smallest absolute Gasteiger partial charge is 0.335 e. The first-order chi connectivity index (χ1) is 9.63. The number of rotatable bonds is 3. The van der Waals surface area contributed by atoms with E-state index < -0.39 is 5.97 Å². The molecule has 6 heteroatoms. The molecule has 0 aliphatic heterocycles. The van der Waals surface area contributed by atoms with E-state index in [-0.39, 0.29) is 11.4 Å². The van der Waals surface area contributed by atoms with Gasteiger partial charge in [-0.1, -0.05) is 17.3 Å². The number of nitrogens with zero attached hydrogens (tertiary/aromatic N) is 3. The van der Waals surface area contributed by atoms with E-state index in [2.05, 4.69) is 10.3 Å². The topological polar surface area (TPSA) is 68.0 Å². The summed E-state index contributed by atoms with van der Waals surface area (Å²) in [6.45, 7) is 0.403. The molecule has 5 nitrogen and oxygen atoms in total. The molecule has 0 spiro atoms. The molecule has 3 rings (SSSR count). The maximum absolute atomic E-state index is 12.9. The molecule has 20 heavy (non-hydrogen) atoms. The second-order valence-electron chi connectivity index (χ2n) is 4.38. The Kier molecular flexibility index (Phi) is 2.90. The largest absolute Gasteiger partial charge is 0.478 e. The molecule has 0 aliphatic rings. The Hall–Kier alpha value is -2.76. The summed E-state index contributed by atoms with van der Waals surface area (Å²) in [4.78, 5) is 11.0. The lowest BCUT2D eigenvalue weighted by molar-refractivity contribution is 0.0697. The molecule has 0 bridgehead atoms. The van der Waals surface area contributed by atoms with Crippen molar-refractivity contribution < 1.29 is 14.3 Å². The van der Waals surface area contributed by atoms with Gasteiger partial charge in [0.25, 0.3) is 0 Å². The maximum atomic E-state index is 12.9. The lowest BCUT2D eigenvalue weighted by Gasteiger charge is -2.03. The predicted octanol–water partition coefficient (Wildman–Crippen LogP) is 2.32. The number of aromatic carboxylic acids is 1. The number of fused-ring (bicyclic) bond motifs is 1. The molecule has 1 N–H and O–H groups in total. The van der Waals surface area contributed by atoms with Crippen LogP contribution in [0, 0.1) is 5.82 Å². The van der Waals surface area contributed by atoms with Gasteiger partial charge in [-0.15, -0.1) is 5.10 Å². The van der Waals surface area contributed by atoms with Crippen LogP contribution < -0.4 is 0 Å². The van der Waals surface area contributed by atoms with Crippen molar-refractivity contribution in [3.63, 3.8) is 0 Å². The fourth-order valence-corrected chi connectivity index (χ4v) is 1.98. The Morgan fingerprint density at radius 2 is 1.95 bits per heavy atom. The Bertz CT molecular complexity index is 781. The van der Waals surface area contributed by atoms with Crippen molar-refractivity contribution in [2.24, 2.45) is 0 Å². The summed E-state index contributed by atoms with van der Waals surface area (Å²) in [5, 5.41) is 17.0. The van der Waals surface area contributed by atoms with Crippen LogP contribution in [0.3, 0.4) is 0 Å². The zero-order chi connectivity index (χ0) is 14.1. The van der Waals surface area contributed by atoms with Gasteiger partial charge >= 0.3 is 5.97 Å². The molecule has 3 aromatic rings. The zero-order valence-electron chi connectivity index (χ0n) is 10.3. The second kappa shape index (κ2) is 4.73. The Labute approximate surface area is 113 Å². The van der Waals surface area contributed by atoms with Crippen LogP contribution in [0.4, 0.5) is 4.39 Å². The highest BCUT2D eigenvalue weighted by Crippen LogP contribution is 2.15. The van der Waals surface area contributed by atoms with Crippen LogP contribution in [0.15, 0.2) is 42.5 Å². The van der Waals surface area contributed by atoms with E-state index in [1.54, 1.807) is 22.9 Å². The van der Waals surface area contributed by atoms with Crippen molar-refractivity contribution in [3.05, 3.63) is 59.4 Å². The van der Waals surface area contributed by atoms with Gasteiger partial charge in [0.05, 0.1) is 17.6 Å². The summed E-state index contributed by atoms with van der Waals surface area (Å²) >= 11 is 0. The normalized spacial score (nSPS) is 10.8. The molecule has 1 aromatic heterocycles. The quantitative estimate of drug-likeness (QED) is 0.793. The van der Waals surface area contributed by atoms with Crippen molar-refractivity contribution in [3.8, 4) is 0 Å². The van der Waals surface area contributed by atoms with E-state index >= 15 is 0 Å². The summed E-state index contributed by atoms with van der Waals surface area (Å²) in [6, 6.07) is 10.7. The minimum Gasteiger partial charge on any atom is -0.478 e. The van der Waals surface area contributed by atoms with Gasteiger partial charge < -0.3 is 5.11 Å². The summed E-state index contributed by atoms with van der Waals surface area (Å²) in [7, 11) is 0. The number of halogens is 1. The first kappa shape index (κ1) is 12.3. The van der Waals surface area contributed by atoms with E-state index in [0.29, 0.717) is 17.6 Å². The SMILES string of the molecule is O=C(O)c1ccc2nnn(Cc3ccc(F)cc3)c2c1. The average Bonchev–Trinajstić information content (AvgIpc) is 2.84. The fourth-order valence-electron chi connectivity index (χ4n) is 1.98. The van der Waals surface area contributed by atoms with Gasteiger partial charge in [0.1, 0.15) is 11.3 Å². The number of carboxylic acid groups (broad SMARTS) is 1. The third-order valence-electron chi connectivity index (χ3n) is 3.01. The van der Waals surface area contributed by atoms with Crippen molar-refractivity contribution in [2.45, 2.75) is 6.54 Å². The van der Waals surface area contributed by atoms with Gasteiger partial charge in [-0.2, -0.15) is 0 Å². The van der Waals surface area contributed by atoms with E-state index in [0.717, 1.165) is 5.56 Å². The molecule has 0 unspecified atom stereocenters. The molecule has 0 saturated heterocycles. The highest BCUT2D eigenvalue weighted by atomic mass is 19.1. The second-order valence-corrected chi connectivity index (χ2v) is 4.38. The van der Waals surface area contributed by atoms with Crippen molar-refractivity contribution >= 4 is 17.0 Å². The van der Waals surface area contributed by atoms with Crippen LogP contribution in [0.5, 0.6) is 0 Å². The predicted molar refractivity (Wildman–Crippen MR) is 70.0 cm³/mol. The molecule has 0 amide bonds. The number of carbonyl (C=O) groups is 1. The number of hydrogen-bond acceptors (Lipinski definition) is 3. The molecule has 0 aliphatic carbocycles. The summed E-state index contributed by atoms with van der Waals surface area (Å²) in [5.74, 6) is -1.30. The van der Waals surface area contributed by atoms with Crippen LogP contribution in [-0.4, -0.2) is 26.1 Å². The van der Waals surface area contributed by atoms with Crippen LogP contribution in [0.1, 0.15) is 15.9 Å². The van der Waals surface area contributed by atoms with Gasteiger partial charge in [-0.25, -0.2) is 13.9 Å². The average molecular weight is 271 g/mol. The molecule has 0 radical (unpaired) electrons. The van der Waals surface area contributed by atoms with Gasteiger partial charge in [-0.05, 0) is 35.9 Å². The molecule has 1 heterocycles. The minimum absolute atomic E-state index is 0.181. The molecule has 0 fully saturated rings.